The third kappa shape index (κ3) is 1.48. The van der Waals surface area contributed by atoms with Crippen molar-refractivity contribution in [3.8, 4) is 10.8 Å². The fourth-order valence-corrected chi connectivity index (χ4v) is 2.93. The molecule has 1 unspecified atom stereocenters. The molecule has 1 saturated heterocycles. The lowest BCUT2D eigenvalue weighted by molar-refractivity contribution is 0.103. The smallest absolute Gasteiger partial charge is 0.235 e. The first-order valence-electron chi connectivity index (χ1n) is 5.79. The molecule has 0 radical (unpaired) electrons. The second-order valence-corrected chi connectivity index (χ2v) is 5.09. The van der Waals surface area contributed by atoms with E-state index in [1.807, 2.05) is 12.1 Å². The van der Waals surface area contributed by atoms with Gasteiger partial charge >= 0.3 is 0 Å². The molecule has 0 saturated carbocycles. The number of rotatable bonds is 2. The first-order valence-corrected chi connectivity index (χ1v) is 6.61. The van der Waals surface area contributed by atoms with Crippen LogP contribution in [0.15, 0.2) is 22.8 Å². The molecular formula is C11H10N4O2S. The third-order valence-corrected chi connectivity index (χ3v) is 3.88. The van der Waals surface area contributed by atoms with Crippen molar-refractivity contribution in [1.82, 2.24) is 19.8 Å². The van der Waals surface area contributed by atoms with E-state index < -0.39 is 0 Å². The fraction of sp³-hybridized carbons (Fsp3) is 0.364. The molecule has 0 bridgehead atoms. The summed E-state index contributed by atoms with van der Waals surface area (Å²) in [6.07, 6.45) is 3.70. The zero-order valence-electron chi connectivity index (χ0n) is 9.44. The number of nitrogens with zero attached hydrogens (tertiary/aromatic N) is 4. The Morgan fingerprint density at radius 1 is 1.39 bits per heavy atom. The van der Waals surface area contributed by atoms with E-state index in [1.165, 1.54) is 11.3 Å². The van der Waals surface area contributed by atoms with Crippen LogP contribution in [-0.2, 0) is 4.74 Å². The van der Waals surface area contributed by atoms with Gasteiger partial charge in [0.25, 0.3) is 0 Å². The third-order valence-electron chi connectivity index (χ3n) is 2.96. The van der Waals surface area contributed by atoms with Gasteiger partial charge in [0.15, 0.2) is 16.6 Å². The quantitative estimate of drug-likeness (QED) is 0.709. The van der Waals surface area contributed by atoms with Crippen molar-refractivity contribution in [3.63, 3.8) is 0 Å². The molecule has 0 N–H and O–H groups in total. The lowest BCUT2D eigenvalue weighted by Gasteiger charge is -2.03. The number of hydrogen-bond acceptors (Lipinski definition) is 6. The summed E-state index contributed by atoms with van der Waals surface area (Å²) in [5.41, 5.74) is 0. The molecule has 4 rings (SSSR count). The average molecular weight is 262 g/mol. The topological polar surface area (TPSA) is 65.5 Å². The Morgan fingerprint density at radius 3 is 3.17 bits per heavy atom. The summed E-state index contributed by atoms with van der Waals surface area (Å²) in [5.74, 6) is 1.54. The molecule has 1 atom stereocenters. The van der Waals surface area contributed by atoms with Gasteiger partial charge in [-0.1, -0.05) is 11.3 Å². The van der Waals surface area contributed by atoms with Crippen molar-refractivity contribution in [2.24, 2.45) is 0 Å². The van der Waals surface area contributed by atoms with Crippen LogP contribution in [0.4, 0.5) is 0 Å². The largest absolute Gasteiger partial charge is 0.462 e. The van der Waals surface area contributed by atoms with E-state index in [4.69, 9.17) is 9.15 Å². The van der Waals surface area contributed by atoms with E-state index in [2.05, 4.69) is 15.3 Å². The lowest BCUT2D eigenvalue weighted by Crippen LogP contribution is -2.03. The zero-order valence-corrected chi connectivity index (χ0v) is 10.3. The van der Waals surface area contributed by atoms with Gasteiger partial charge in [-0.15, -0.1) is 15.3 Å². The SMILES string of the molecule is c1coc(-c2nn3c(C4CCCO4)nnc3s2)c1. The highest BCUT2D eigenvalue weighted by molar-refractivity contribution is 7.19. The average Bonchev–Trinajstić information content (AvgIpc) is 3.13. The van der Waals surface area contributed by atoms with Crippen LogP contribution in [0.5, 0.6) is 0 Å². The first kappa shape index (κ1) is 10.2. The van der Waals surface area contributed by atoms with Gasteiger partial charge in [-0.3, -0.25) is 0 Å². The van der Waals surface area contributed by atoms with Crippen molar-refractivity contribution in [1.29, 1.82) is 0 Å². The second-order valence-electron chi connectivity index (χ2n) is 4.14. The second kappa shape index (κ2) is 3.89. The predicted octanol–water partition coefficient (Wildman–Crippen LogP) is 2.30. The number of fused-ring (bicyclic) bond motifs is 1. The lowest BCUT2D eigenvalue weighted by atomic mass is 10.2. The summed E-state index contributed by atoms with van der Waals surface area (Å²) >= 11 is 1.46. The molecule has 1 aliphatic rings. The van der Waals surface area contributed by atoms with E-state index in [0.29, 0.717) is 0 Å². The Bertz CT molecular complexity index is 666. The number of ether oxygens (including phenoxy) is 1. The predicted molar refractivity (Wildman–Crippen MR) is 64.3 cm³/mol. The Morgan fingerprint density at radius 2 is 2.39 bits per heavy atom. The normalized spacial score (nSPS) is 19.9. The molecule has 0 aromatic carbocycles. The van der Waals surface area contributed by atoms with Crippen LogP contribution < -0.4 is 0 Å². The monoisotopic (exact) mass is 262 g/mol. The Kier molecular flexibility index (Phi) is 2.21. The standard InChI is InChI=1S/C11H10N4O2S/c1-3-7(16-5-1)9-12-13-11-15(9)14-10(18-11)8-4-2-6-17-8/h2,4,6-7H,1,3,5H2. The summed E-state index contributed by atoms with van der Waals surface area (Å²) in [5, 5.41) is 13.6. The molecule has 92 valence electrons. The van der Waals surface area contributed by atoms with Gasteiger partial charge in [-0.05, 0) is 25.0 Å². The van der Waals surface area contributed by atoms with E-state index >= 15 is 0 Å². The van der Waals surface area contributed by atoms with Gasteiger partial charge in [-0.2, -0.15) is 4.52 Å². The molecule has 0 spiro atoms. The molecule has 3 aromatic heterocycles. The van der Waals surface area contributed by atoms with Gasteiger partial charge in [0.1, 0.15) is 6.10 Å². The molecule has 18 heavy (non-hydrogen) atoms. The maximum Gasteiger partial charge on any atom is 0.235 e. The van der Waals surface area contributed by atoms with E-state index in [9.17, 15) is 0 Å². The van der Waals surface area contributed by atoms with E-state index in [0.717, 1.165) is 41.0 Å². The minimum absolute atomic E-state index is 0.0200. The van der Waals surface area contributed by atoms with E-state index in [1.54, 1.807) is 10.8 Å². The van der Waals surface area contributed by atoms with Crippen LogP contribution in [0.2, 0.25) is 0 Å². The van der Waals surface area contributed by atoms with Crippen LogP contribution in [0.1, 0.15) is 24.8 Å². The number of hydrogen-bond donors (Lipinski definition) is 0. The molecule has 0 aliphatic carbocycles. The van der Waals surface area contributed by atoms with Gasteiger partial charge in [0, 0.05) is 6.61 Å². The highest BCUT2D eigenvalue weighted by atomic mass is 32.1. The highest BCUT2D eigenvalue weighted by Gasteiger charge is 2.25. The van der Waals surface area contributed by atoms with Gasteiger partial charge in [0.2, 0.25) is 4.96 Å². The van der Waals surface area contributed by atoms with Crippen LogP contribution >= 0.6 is 11.3 Å². The van der Waals surface area contributed by atoms with E-state index in [-0.39, 0.29) is 6.10 Å². The highest BCUT2D eigenvalue weighted by Crippen LogP contribution is 2.30. The van der Waals surface area contributed by atoms with Gasteiger partial charge in [-0.25, -0.2) is 0 Å². The molecule has 0 amide bonds. The van der Waals surface area contributed by atoms with Gasteiger partial charge < -0.3 is 9.15 Å². The Balaban J connectivity index is 1.81. The zero-order chi connectivity index (χ0) is 11.9. The van der Waals surface area contributed by atoms with Crippen LogP contribution in [0.25, 0.3) is 15.7 Å². The first-order chi connectivity index (χ1) is 8.92. The Labute approximate surface area is 106 Å². The molecule has 6 nitrogen and oxygen atoms in total. The molecule has 7 heteroatoms. The van der Waals surface area contributed by atoms with Crippen LogP contribution in [0, 0.1) is 0 Å². The molecular weight excluding hydrogens is 252 g/mol. The van der Waals surface area contributed by atoms with Crippen molar-refractivity contribution < 1.29 is 9.15 Å². The number of aromatic nitrogens is 4. The summed E-state index contributed by atoms with van der Waals surface area (Å²) in [6, 6.07) is 3.73. The maximum absolute atomic E-state index is 5.62. The van der Waals surface area contributed by atoms with Crippen molar-refractivity contribution in [3.05, 3.63) is 24.2 Å². The summed E-state index contributed by atoms with van der Waals surface area (Å²) in [7, 11) is 0. The van der Waals surface area contributed by atoms with Crippen LogP contribution in [-0.4, -0.2) is 26.4 Å². The summed E-state index contributed by atoms with van der Waals surface area (Å²) in [6.45, 7) is 0.786. The minimum atomic E-state index is 0.0200. The molecule has 3 aromatic rings. The summed E-state index contributed by atoms with van der Waals surface area (Å²) in [4.78, 5) is 0.770. The molecule has 4 heterocycles. The van der Waals surface area contributed by atoms with Crippen molar-refractivity contribution >= 4 is 16.3 Å². The Hall–Kier alpha value is -1.73. The minimum Gasteiger partial charge on any atom is -0.462 e. The van der Waals surface area contributed by atoms with Crippen molar-refractivity contribution in [2.45, 2.75) is 18.9 Å². The molecule has 1 aliphatic heterocycles. The van der Waals surface area contributed by atoms with Crippen molar-refractivity contribution in [2.75, 3.05) is 6.61 Å². The maximum atomic E-state index is 5.62. The molecule has 1 fully saturated rings. The number of furan rings is 1. The van der Waals surface area contributed by atoms with Gasteiger partial charge in [0.05, 0.1) is 6.26 Å². The fourth-order valence-electron chi connectivity index (χ4n) is 2.11. The van der Waals surface area contributed by atoms with Crippen LogP contribution in [0.3, 0.4) is 0 Å². The summed E-state index contributed by atoms with van der Waals surface area (Å²) < 4.78 is 12.7.